The summed E-state index contributed by atoms with van der Waals surface area (Å²) in [6, 6.07) is -1.19. The zero-order valence-corrected chi connectivity index (χ0v) is 7.59. The molecule has 7 nitrogen and oxygen atoms in total. The van der Waals surface area contributed by atoms with Crippen LogP contribution in [0.2, 0.25) is 0 Å². The Morgan fingerprint density at radius 2 is 1.57 bits per heavy atom. The summed E-state index contributed by atoms with van der Waals surface area (Å²) in [5.74, 6) is -2.59. The van der Waals surface area contributed by atoms with Crippen LogP contribution in [0.3, 0.4) is 0 Å². The van der Waals surface area contributed by atoms with Gasteiger partial charge in [-0.1, -0.05) is 0 Å². The van der Waals surface area contributed by atoms with Crippen molar-refractivity contribution in [3.63, 3.8) is 0 Å². The molecule has 0 spiro atoms. The van der Waals surface area contributed by atoms with Gasteiger partial charge in [-0.3, -0.25) is 9.59 Å². The zero-order chi connectivity index (χ0) is 11.3. The standard InChI is InChI=1S/C7H15N3O4/c8-5(7(10)14)3(6(9)13)1-2-4(11)12/h3-5,11-12H,1-2,8H2,(H2,9,13)(H2,10,14)/t3?,5-/m0/s1. The number of rotatable bonds is 6. The summed E-state index contributed by atoms with van der Waals surface area (Å²) in [5, 5.41) is 17.1. The molecule has 0 aliphatic heterocycles. The van der Waals surface area contributed by atoms with Crippen molar-refractivity contribution in [1.29, 1.82) is 0 Å². The lowest BCUT2D eigenvalue weighted by atomic mass is 9.94. The predicted octanol–water partition coefficient (Wildman–Crippen LogP) is -3.01. The SMILES string of the molecule is NC(=O)C(CCC(O)O)[C@H](N)C(N)=O. The monoisotopic (exact) mass is 205 g/mol. The highest BCUT2D eigenvalue weighted by Crippen LogP contribution is 2.10. The second kappa shape index (κ2) is 5.53. The summed E-state index contributed by atoms with van der Waals surface area (Å²) >= 11 is 0. The maximum Gasteiger partial charge on any atom is 0.235 e. The highest BCUT2D eigenvalue weighted by Gasteiger charge is 2.27. The molecule has 0 aliphatic rings. The minimum Gasteiger partial charge on any atom is -0.369 e. The van der Waals surface area contributed by atoms with Crippen LogP contribution in [0.15, 0.2) is 0 Å². The first-order chi connectivity index (χ1) is 6.36. The fourth-order valence-electron chi connectivity index (χ4n) is 1.03. The van der Waals surface area contributed by atoms with Crippen molar-refractivity contribution in [2.45, 2.75) is 25.2 Å². The van der Waals surface area contributed by atoms with Gasteiger partial charge in [0.1, 0.15) is 0 Å². The van der Waals surface area contributed by atoms with Crippen molar-refractivity contribution in [2.75, 3.05) is 0 Å². The van der Waals surface area contributed by atoms with Gasteiger partial charge in [0, 0.05) is 0 Å². The fourth-order valence-corrected chi connectivity index (χ4v) is 1.03. The van der Waals surface area contributed by atoms with E-state index in [0.717, 1.165) is 0 Å². The average Bonchev–Trinajstić information content (AvgIpc) is 2.02. The van der Waals surface area contributed by atoms with E-state index in [1.165, 1.54) is 0 Å². The van der Waals surface area contributed by atoms with Crippen molar-refractivity contribution in [3.05, 3.63) is 0 Å². The van der Waals surface area contributed by atoms with E-state index in [0.29, 0.717) is 0 Å². The third-order valence-corrected chi connectivity index (χ3v) is 1.86. The molecule has 2 amide bonds. The Bertz CT molecular complexity index is 219. The predicted molar refractivity (Wildman–Crippen MR) is 47.3 cm³/mol. The van der Waals surface area contributed by atoms with E-state index in [4.69, 9.17) is 27.4 Å². The van der Waals surface area contributed by atoms with Crippen LogP contribution >= 0.6 is 0 Å². The Labute approximate surface area is 80.9 Å². The molecule has 2 atom stereocenters. The zero-order valence-electron chi connectivity index (χ0n) is 7.59. The van der Waals surface area contributed by atoms with Crippen LogP contribution < -0.4 is 17.2 Å². The lowest BCUT2D eigenvalue weighted by Crippen LogP contribution is -2.48. The fraction of sp³-hybridized carbons (Fsp3) is 0.714. The van der Waals surface area contributed by atoms with Crippen molar-refractivity contribution in [3.8, 4) is 0 Å². The van der Waals surface area contributed by atoms with Crippen LogP contribution in [-0.2, 0) is 9.59 Å². The molecule has 82 valence electrons. The minimum absolute atomic E-state index is 0.0110. The summed E-state index contributed by atoms with van der Waals surface area (Å²) in [5.41, 5.74) is 15.2. The largest absolute Gasteiger partial charge is 0.369 e. The molecule has 0 aromatic rings. The molecule has 0 bridgehead atoms. The number of aliphatic hydroxyl groups is 2. The van der Waals surface area contributed by atoms with Gasteiger partial charge in [-0.2, -0.15) is 0 Å². The van der Waals surface area contributed by atoms with Crippen LogP contribution in [-0.4, -0.2) is 34.4 Å². The lowest BCUT2D eigenvalue weighted by Gasteiger charge is -2.18. The maximum atomic E-state index is 10.8. The van der Waals surface area contributed by atoms with Crippen molar-refractivity contribution < 1.29 is 19.8 Å². The molecule has 0 aliphatic carbocycles. The first-order valence-electron chi connectivity index (χ1n) is 4.06. The van der Waals surface area contributed by atoms with Crippen molar-refractivity contribution >= 4 is 11.8 Å². The quantitative estimate of drug-likeness (QED) is 0.292. The summed E-state index contributed by atoms with van der Waals surface area (Å²) in [6.07, 6.45) is -1.64. The van der Waals surface area contributed by atoms with Gasteiger partial charge in [0.15, 0.2) is 6.29 Å². The number of hydrogen-bond donors (Lipinski definition) is 5. The van der Waals surface area contributed by atoms with Gasteiger partial charge in [0.2, 0.25) is 11.8 Å². The highest BCUT2D eigenvalue weighted by atomic mass is 16.5. The molecular formula is C7H15N3O4. The Balaban J connectivity index is 4.29. The van der Waals surface area contributed by atoms with E-state index in [1.807, 2.05) is 0 Å². The summed E-state index contributed by atoms with van der Waals surface area (Å²) in [7, 11) is 0. The lowest BCUT2D eigenvalue weighted by molar-refractivity contribution is -0.129. The van der Waals surface area contributed by atoms with Gasteiger partial charge >= 0.3 is 0 Å². The molecule has 1 unspecified atom stereocenters. The molecule has 0 rings (SSSR count). The molecule has 8 N–H and O–H groups in total. The van der Waals surface area contributed by atoms with Gasteiger partial charge in [0.05, 0.1) is 12.0 Å². The average molecular weight is 205 g/mol. The van der Waals surface area contributed by atoms with Crippen LogP contribution in [0.25, 0.3) is 0 Å². The molecular weight excluding hydrogens is 190 g/mol. The Morgan fingerprint density at radius 1 is 1.07 bits per heavy atom. The number of carbonyl (C=O) groups is 2. The summed E-state index contributed by atoms with van der Waals surface area (Å²) in [6.45, 7) is 0. The summed E-state index contributed by atoms with van der Waals surface area (Å²) in [4.78, 5) is 21.5. The maximum absolute atomic E-state index is 10.8. The second-order valence-corrected chi connectivity index (χ2v) is 2.99. The number of amides is 2. The molecule has 0 aromatic carbocycles. The van der Waals surface area contributed by atoms with E-state index < -0.39 is 30.1 Å². The van der Waals surface area contributed by atoms with E-state index >= 15 is 0 Å². The number of nitrogens with two attached hydrogens (primary N) is 3. The normalized spacial score (nSPS) is 15.1. The van der Waals surface area contributed by atoms with Gasteiger partial charge in [-0.25, -0.2) is 0 Å². The Kier molecular flexibility index (Phi) is 5.06. The molecule has 0 saturated carbocycles. The van der Waals surface area contributed by atoms with Gasteiger partial charge in [-0.05, 0) is 12.8 Å². The van der Waals surface area contributed by atoms with E-state index in [9.17, 15) is 9.59 Å². The van der Waals surface area contributed by atoms with Gasteiger partial charge in [0.25, 0.3) is 0 Å². The smallest absolute Gasteiger partial charge is 0.235 e. The molecule has 0 aromatic heterocycles. The van der Waals surface area contributed by atoms with Crippen LogP contribution in [0.4, 0.5) is 0 Å². The summed E-state index contributed by atoms with van der Waals surface area (Å²) < 4.78 is 0. The van der Waals surface area contributed by atoms with Crippen LogP contribution in [0, 0.1) is 5.92 Å². The van der Waals surface area contributed by atoms with Crippen molar-refractivity contribution in [1.82, 2.24) is 0 Å². The van der Waals surface area contributed by atoms with Crippen molar-refractivity contribution in [2.24, 2.45) is 23.1 Å². The Morgan fingerprint density at radius 3 is 1.86 bits per heavy atom. The molecule has 7 heteroatoms. The topological polar surface area (TPSA) is 153 Å². The first-order valence-corrected chi connectivity index (χ1v) is 4.06. The van der Waals surface area contributed by atoms with E-state index in [2.05, 4.69) is 0 Å². The number of carbonyl (C=O) groups excluding carboxylic acids is 2. The Hall–Kier alpha value is -1.18. The van der Waals surface area contributed by atoms with E-state index in [-0.39, 0.29) is 12.8 Å². The second-order valence-electron chi connectivity index (χ2n) is 2.99. The molecule has 0 heterocycles. The molecule has 0 radical (unpaired) electrons. The van der Waals surface area contributed by atoms with Crippen LogP contribution in [0.1, 0.15) is 12.8 Å². The highest BCUT2D eigenvalue weighted by molar-refractivity contribution is 5.88. The third kappa shape index (κ3) is 4.17. The third-order valence-electron chi connectivity index (χ3n) is 1.86. The van der Waals surface area contributed by atoms with Crippen LogP contribution in [0.5, 0.6) is 0 Å². The van der Waals surface area contributed by atoms with Gasteiger partial charge in [-0.15, -0.1) is 0 Å². The molecule has 0 saturated heterocycles. The van der Waals surface area contributed by atoms with E-state index in [1.54, 1.807) is 0 Å². The molecule has 0 fully saturated rings. The molecule has 14 heavy (non-hydrogen) atoms. The number of aliphatic hydroxyl groups excluding tert-OH is 1. The number of hydrogen-bond acceptors (Lipinski definition) is 5. The first kappa shape index (κ1) is 12.8. The van der Waals surface area contributed by atoms with Gasteiger partial charge < -0.3 is 27.4 Å². The minimum atomic E-state index is -1.56. The number of primary amides is 2.